The summed E-state index contributed by atoms with van der Waals surface area (Å²) in [5.41, 5.74) is 7.55. The van der Waals surface area contributed by atoms with E-state index in [1.807, 2.05) is 31.2 Å². The Kier molecular flexibility index (Phi) is 7.86. The first-order valence-corrected chi connectivity index (χ1v) is 8.04. The van der Waals surface area contributed by atoms with Crippen LogP contribution in [0.2, 0.25) is 0 Å². The van der Waals surface area contributed by atoms with Gasteiger partial charge in [0.2, 0.25) is 0 Å². The number of halogens is 1. The zero-order valence-electron chi connectivity index (χ0n) is 15.0. The quantitative estimate of drug-likeness (QED) is 0.781. The number of rotatable bonds is 7. The van der Waals surface area contributed by atoms with Crippen molar-refractivity contribution in [2.45, 2.75) is 33.2 Å². The summed E-state index contributed by atoms with van der Waals surface area (Å²) in [6.07, 6.45) is 0.827. The van der Waals surface area contributed by atoms with E-state index in [0.29, 0.717) is 23.9 Å². The number of amides is 1. The van der Waals surface area contributed by atoms with Gasteiger partial charge >= 0.3 is 0 Å². The van der Waals surface area contributed by atoms with E-state index in [1.54, 1.807) is 11.8 Å². The number of hydrogen-bond donors (Lipinski definition) is 2. The first kappa shape index (κ1) is 20.9. The predicted octanol–water partition coefficient (Wildman–Crippen LogP) is 2.11. The molecule has 0 bridgehead atoms. The zero-order valence-corrected chi connectivity index (χ0v) is 15.8. The third kappa shape index (κ3) is 5.17. The molecule has 2 rings (SSSR count). The monoisotopic (exact) mass is 367 g/mol. The Hall–Kier alpha value is -2.12. The smallest absolute Gasteiger partial charge is 0.274 e. The van der Waals surface area contributed by atoms with Crippen molar-refractivity contribution in [3.8, 4) is 11.4 Å². The van der Waals surface area contributed by atoms with Gasteiger partial charge in [-0.25, -0.2) is 4.68 Å². The van der Waals surface area contributed by atoms with E-state index in [9.17, 15) is 4.79 Å². The standard InChI is InChI=1S/C17H25N5O2.ClH/c1-11(2)9-13(10-18)19-17(23)16-12(3)22(21-20-16)14-5-7-15(24-4)8-6-14;/h5-8,11,13H,9-10,18H2,1-4H3,(H,19,23);1H. The molecule has 3 N–H and O–H groups in total. The fourth-order valence-electron chi connectivity index (χ4n) is 2.54. The Morgan fingerprint density at radius 1 is 1.32 bits per heavy atom. The van der Waals surface area contributed by atoms with E-state index in [1.165, 1.54) is 0 Å². The number of carbonyl (C=O) groups excluding carboxylic acids is 1. The van der Waals surface area contributed by atoms with Crippen molar-refractivity contribution < 1.29 is 9.53 Å². The number of carbonyl (C=O) groups is 1. The van der Waals surface area contributed by atoms with E-state index in [2.05, 4.69) is 29.5 Å². The van der Waals surface area contributed by atoms with Gasteiger partial charge in [-0.05, 0) is 43.5 Å². The van der Waals surface area contributed by atoms with Gasteiger partial charge in [-0.3, -0.25) is 4.79 Å². The van der Waals surface area contributed by atoms with Gasteiger partial charge in [0.15, 0.2) is 5.69 Å². The molecule has 8 heteroatoms. The minimum absolute atomic E-state index is 0. The van der Waals surface area contributed by atoms with Crippen LogP contribution in [-0.4, -0.2) is 40.6 Å². The van der Waals surface area contributed by atoms with Gasteiger partial charge in [0.25, 0.3) is 5.91 Å². The van der Waals surface area contributed by atoms with Crippen LogP contribution in [0.3, 0.4) is 0 Å². The summed E-state index contributed by atoms with van der Waals surface area (Å²) in [5, 5.41) is 11.1. The fourth-order valence-corrected chi connectivity index (χ4v) is 2.54. The predicted molar refractivity (Wildman–Crippen MR) is 99.7 cm³/mol. The van der Waals surface area contributed by atoms with Crippen LogP contribution in [0.25, 0.3) is 5.69 Å². The van der Waals surface area contributed by atoms with Crippen LogP contribution in [0.1, 0.15) is 36.5 Å². The van der Waals surface area contributed by atoms with Crippen molar-refractivity contribution >= 4 is 18.3 Å². The third-order valence-corrected chi connectivity index (χ3v) is 3.80. The highest BCUT2D eigenvalue weighted by atomic mass is 35.5. The van der Waals surface area contributed by atoms with Gasteiger partial charge in [-0.1, -0.05) is 19.1 Å². The maximum Gasteiger partial charge on any atom is 0.274 e. The lowest BCUT2D eigenvalue weighted by Gasteiger charge is -2.18. The lowest BCUT2D eigenvalue weighted by molar-refractivity contribution is 0.0928. The molecular formula is C17H26ClN5O2. The van der Waals surface area contributed by atoms with Gasteiger partial charge in [-0.15, -0.1) is 17.5 Å². The zero-order chi connectivity index (χ0) is 17.7. The lowest BCUT2D eigenvalue weighted by Crippen LogP contribution is -2.41. The summed E-state index contributed by atoms with van der Waals surface area (Å²) in [5.74, 6) is 0.965. The molecule has 1 aromatic heterocycles. The molecule has 0 radical (unpaired) electrons. The molecule has 0 aliphatic heterocycles. The van der Waals surface area contributed by atoms with Crippen LogP contribution < -0.4 is 15.8 Å². The van der Waals surface area contributed by atoms with E-state index >= 15 is 0 Å². The maximum atomic E-state index is 12.5. The molecule has 1 amide bonds. The Morgan fingerprint density at radius 3 is 2.48 bits per heavy atom. The largest absolute Gasteiger partial charge is 0.497 e. The molecule has 1 heterocycles. The van der Waals surface area contributed by atoms with Crippen molar-refractivity contribution in [3.05, 3.63) is 35.7 Å². The number of benzene rings is 1. The Bertz CT molecular complexity index is 685. The highest BCUT2D eigenvalue weighted by Gasteiger charge is 2.20. The summed E-state index contributed by atoms with van der Waals surface area (Å²) in [7, 11) is 1.61. The second kappa shape index (κ2) is 9.39. The lowest BCUT2D eigenvalue weighted by atomic mass is 10.0. The molecule has 0 saturated heterocycles. The maximum absolute atomic E-state index is 12.5. The van der Waals surface area contributed by atoms with Crippen LogP contribution in [0.5, 0.6) is 5.75 Å². The summed E-state index contributed by atoms with van der Waals surface area (Å²) in [4.78, 5) is 12.5. The minimum atomic E-state index is -0.247. The molecule has 25 heavy (non-hydrogen) atoms. The second-order valence-corrected chi connectivity index (χ2v) is 6.17. The molecule has 0 saturated carbocycles. The van der Waals surface area contributed by atoms with Crippen molar-refractivity contribution in [2.24, 2.45) is 11.7 Å². The summed E-state index contributed by atoms with van der Waals surface area (Å²) >= 11 is 0. The molecule has 0 aliphatic rings. The van der Waals surface area contributed by atoms with Gasteiger partial charge < -0.3 is 15.8 Å². The van der Waals surface area contributed by atoms with Crippen LogP contribution in [0.15, 0.2) is 24.3 Å². The molecule has 0 aliphatic carbocycles. The summed E-state index contributed by atoms with van der Waals surface area (Å²) in [6.45, 7) is 6.41. The fraction of sp³-hybridized carbons (Fsp3) is 0.471. The van der Waals surface area contributed by atoms with Gasteiger partial charge in [0.05, 0.1) is 18.5 Å². The Morgan fingerprint density at radius 2 is 1.96 bits per heavy atom. The molecule has 1 aromatic carbocycles. The number of aromatic nitrogens is 3. The van der Waals surface area contributed by atoms with E-state index in [-0.39, 0.29) is 24.4 Å². The molecular weight excluding hydrogens is 342 g/mol. The Labute approximate surface area is 154 Å². The molecule has 1 atom stereocenters. The first-order chi connectivity index (χ1) is 11.5. The van der Waals surface area contributed by atoms with Crippen molar-refractivity contribution in [1.82, 2.24) is 20.3 Å². The first-order valence-electron chi connectivity index (χ1n) is 8.04. The second-order valence-electron chi connectivity index (χ2n) is 6.17. The molecule has 0 fully saturated rings. The van der Waals surface area contributed by atoms with Crippen LogP contribution in [-0.2, 0) is 0 Å². The van der Waals surface area contributed by atoms with Crippen LogP contribution in [0.4, 0.5) is 0 Å². The number of nitrogens with one attached hydrogen (secondary N) is 1. The average Bonchev–Trinajstić information content (AvgIpc) is 2.95. The topological polar surface area (TPSA) is 95.1 Å². The molecule has 1 unspecified atom stereocenters. The van der Waals surface area contributed by atoms with Gasteiger partial charge in [-0.2, -0.15) is 0 Å². The average molecular weight is 368 g/mol. The van der Waals surface area contributed by atoms with Crippen molar-refractivity contribution in [3.63, 3.8) is 0 Å². The molecule has 138 valence electrons. The van der Waals surface area contributed by atoms with E-state index in [0.717, 1.165) is 17.9 Å². The Balaban J connectivity index is 0.00000312. The number of nitrogens with zero attached hydrogens (tertiary/aromatic N) is 3. The summed E-state index contributed by atoms with van der Waals surface area (Å²) in [6, 6.07) is 7.34. The number of ether oxygens (including phenoxy) is 1. The minimum Gasteiger partial charge on any atom is -0.497 e. The highest BCUT2D eigenvalue weighted by molar-refractivity contribution is 5.93. The number of nitrogens with two attached hydrogens (primary N) is 1. The van der Waals surface area contributed by atoms with E-state index < -0.39 is 0 Å². The molecule has 0 spiro atoms. The van der Waals surface area contributed by atoms with Crippen molar-refractivity contribution in [1.29, 1.82) is 0 Å². The normalized spacial score (nSPS) is 11.8. The number of hydrogen-bond acceptors (Lipinski definition) is 5. The van der Waals surface area contributed by atoms with Crippen LogP contribution >= 0.6 is 12.4 Å². The van der Waals surface area contributed by atoms with Gasteiger partial charge in [0.1, 0.15) is 5.75 Å². The highest BCUT2D eigenvalue weighted by Crippen LogP contribution is 2.17. The van der Waals surface area contributed by atoms with E-state index in [4.69, 9.17) is 10.5 Å². The van der Waals surface area contributed by atoms with Crippen molar-refractivity contribution in [2.75, 3.05) is 13.7 Å². The molecule has 2 aromatic rings. The summed E-state index contributed by atoms with van der Waals surface area (Å²) < 4.78 is 6.78. The SMILES string of the molecule is COc1ccc(-n2nnc(C(=O)NC(CN)CC(C)C)c2C)cc1.Cl. The van der Waals surface area contributed by atoms with Crippen LogP contribution in [0, 0.1) is 12.8 Å². The van der Waals surface area contributed by atoms with Gasteiger partial charge in [0, 0.05) is 12.6 Å². The third-order valence-electron chi connectivity index (χ3n) is 3.80. The molecule has 7 nitrogen and oxygen atoms in total. The number of methoxy groups -OCH3 is 1.